The van der Waals surface area contributed by atoms with Crippen molar-refractivity contribution in [2.75, 3.05) is 6.61 Å². The second-order valence-electron chi connectivity index (χ2n) is 7.34. The molecule has 4 rings (SSSR count). The van der Waals surface area contributed by atoms with Crippen molar-refractivity contribution in [3.63, 3.8) is 0 Å². The van der Waals surface area contributed by atoms with Crippen LogP contribution in [0.2, 0.25) is 0 Å². The molecule has 3 nitrogen and oxygen atoms in total. The first-order chi connectivity index (χ1) is 14.3. The summed E-state index contributed by atoms with van der Waals surface area (Å²) >= 11 is 0. The Morgan fingerprint density at radius 1 is 0.793 bits per heavy atom. The van der Waals surface area contributed by atoms with E-state index in [1.807, 2.05) is 36.4 Å². The molecule has 3 aromatic carbocycles. The zero-order chi connectivity index (χ0) is 19.9. The Morgan fingerprint density at radius 2 is 1.66 bits per heavy atom. The van der Waals surface area contributed by atoms with E-state index in [2.05, 4.69) is 60.2 Å². The molecule has 148 valence electrons. The van der Waals surface area contributed by atoms with Gasteiger partial charge in [0, 0.05) is 18.1 Å². The van der Waals surface area contributed by atoms with Crippen molar-refractivity contribution in [2.24, 2.45) is 0 Å². The molecule has 0 aliphatic carbocycles. The van der Waals surface area contributed by atoms with Gasteiger partial charge in [0.15, 0.2) is 0 Å². The minimum absolute atomic E-state index is 0.585. The van der Waals surface area contributed by atoms with Crippen molar-refractivity contribution in [3.05, 3.63) is 96.2 Å². The Kier molecular flexibility index (Phi) is 6.16. The second-order valence-corrected chi connectivity index (χ2v) is 7.34. The molecule has 3 heteroatoms. The first kappa shape index (κ1) is 19.1. The Balaban J connectivity index is 1.31. The highest BCUT2D eigenvalue weighted by Gasteiger charge is 2.07. The van der Waals surface area contributed by atoms with E-state index in [1.54, 1.807) is 0 Å². The topological polar surface area (TPSA) is 23.4 Å². The van der Waals surface area contributed by atoms with Gasteiger partial charge in [0.25, 0.3) is 0 Å². The Labute approximate surface area is 172 Å². The van der Waals surface area contributed by atoms with Crippen LogP contribution in [0, 0.1) is 6.92 Å². The maximum Gasteiger partial charge on any atom is 0.129 e. The fraction of sp³-hybridized carbons (Fsp3) is 0.231. The molecule has 1 aromatic heterocycles. The fourth-order valence-corrected chi connectivity index (χ4v) is 3.53. The molecule has 0 N–H and O–H groups in total. The van der Waals surface area contributed by atoms with Crippen molar-refractivity contribution < 1.29 is 9.47 Å². The van der Waals surface area contributed by atoms with Crippen molar-refractivity contribution in [3.8, 4) is 11.5 Å². The summed E-state index contributed by atoms with van der Waals surface area (Å²) in [5.74, 6) is 1.89. The van der Waals surface area contributed by atoms with Crippen LogP contribution in [0.25, 0.3) is 10.9 Å². The molecule has 4 aromatic rings. The van der Waals surface area contributed by atoms with Crippen molar-refractivity contribution in [1.29, 1.82) is 0 Å². The van der Waals surface area contributed by atoms with Gasteiger partial charge in [0.2, 0.25) is 0 Å². The quantitative estimate of drug-likeness (QED) is 0.312. The van der Waals surface area contributed by atoms with E-state index in [1.165, 1.54) is 22.0 Å². The molecule has 0 bridgehead atoms. The zero-order valence-electron chi connectivity index (χ0n) is 16.9. The van der Waals surface area contributed by atoms with Crippen LogP contribution in [0.5, 0.6) is 11.5 Å². The number of fused-ring (bicyclic) bond motifs is 1. The summed E-state index contributed by atoms with van der Waals surface area (Å²) in [6.07, 6.45) is 4.25. The molecule has 0 saturated carbocycles. The van der Waals surface area contributed by atoms with E-state index in [-0.39, 0.29) is 0 Å². The van der Waals surface area contributed by atoms with Gasteiger partial charge in [-0.25, -0.2) is 0 Å². The summed E-state index contributed by atoms with van der Waals surface area (Å²) in [6.45, 7) is 4.39. The molecule has 0 unspecified atom stereocenters. The number of nitrogens with zero attached hydrogens (tertiary/aromatic N) is 1. The van der Waals surface area contributed by atoms with Crippen LogP contribution in [0.4, 0.5) is 0 Å². The van der Waals surface area contributed by atoms with E-state index in [0.29, 0.717) is 6.61 Å². The number of hydrogen-bond donors (Lipinski definition) is 0. The Hall–Kier alpha value is -3.20. The van der Waals surface area contributed by atoms with E-state index >= 15 is 0 Å². The summed E-state index contributed by atoms with van der Waals surface area (Å²) in [4.78, 5) is 0. The lowest BCUT2D eigenvalue weighted by Crippen LogP contribution is -2.02. The van der Waals surface area contributed by atoms with Crippen LogP contribution in [0.1, 0.15) is 24.0 Å². The molecule has 0 radical (unpaired) electrons. The van der Waals surface area contributed by atoms with Crippen molar-refractivity contribution in [2.45, 2.75) is 32.9 Å². The molecule has 0 aliphatic heterocycles. The summed E-state index contributed by atoms with van der Waals surface area (Å²) in [5.41, 5.74) is 3.62. The third kappa shape index (κ3) is 5.00. The largest absolute Gasteiger partial charge is 0.494 e. The molecular formula is C26H27NO2. The van der Waals surface area contributed by atoms with Gasteiger partial charge < -0.3 is 14.0 Å². The molecule has 0 saturated heterocycles. The van der Waals surface area contributed by atoms with Crippen molar-refractivity contribution in [1.82, 2.24) is 4.57 Å². The first-order valence-electron chi connectivity index (χ1n) is 10.2. The molecule has 0 aliphatic rings. The predicted molar refractivity (Wildman–Crippen MR) is 119 cm³/mol. The number of aromatic nitrogens is 1. The first-order valence-corrected chi connectivity index (χ1v) is 10.2. The monoisotopic (exact) mass is 385 g/mol. The minimum Gasteiger partial charge on any atom is -0.494 e. The number of unbranched alkanes of at least 4 members (excludes halogenated alkanes) is 1. The maximum atomic E-state index is 6.09. The minimum atomic E-state index is 0.585. The highest BCUT2D eigenvalue weighted by Crippen LogP contribution is 2.27. The zero-order valence-corrected chi connectivity index (χ0v) is 16.9. The van der Waals surface area contributed by atoms with Gasteiger partial charge in [-0.05, 0) is 61.2 Å². The number of benzene rings is 3. The summed E-state index contributed by atoms with van der Waals surface area (Å²) in [6, 6.07) is 26.9. The average Bonchev–Trinajstić information content (AvgIpc) is 3.16. The number of hydrogen-bond acceptors (Lipinski definition) is 2. The maximum absolute atomic E-state index is 6.09. The molecule has 29 heavy (non-hydrogen) atoms. The lowest BCUT2D eigenvalue weighted by atomic mass is 10.2. The Bertz CT molecular complexity index is 1050. The van der Waals surface area contributed by atoms with E-state index in [4.69, 9.17) is 9.47 Å². The lowest BCUT2D eigenvalue weighted by molar-refractivity contribution is 0.303. The van der Waals surface area contributed by atoms with Gasteiger partial charge in [-0.2, -0.15) is 0 Å². The third-order valence-electron chi connectivity index (χ3n) is 5.06. The Morgan fingerprint density at radius 3 is 2.52 bits per heavy atom. The number of aryl methyl sites for hydroxylation is 2. The number of ether oxygens (including phenoxy) is 2. The van der Waals surface area contributed by atoms with Gasteiger partial charge in [-0.15, -0.1) is 0 Å². The molecule has 0 spiro atoms. The van der Waals surface area contributed by atoms with E-state index in [9.17, 15) is 0 Å². The van der Waals surface area contributed by atoms with Gasteiger partial charge in [-0.1, -0.05) is 48.5 Å². The lowest BCUT2D eigenvalue weighted by Gasteiger charge is -2.10. The molecular weight excluding hydrogens is 358 g/mol. The number of rotatable bonds is 9. The van der Waals surface area contributed by atoms with E-state index in [0.717, 1.165) is 37.5 Å². The predicted octanol–water partition coefficient (Wildman–Crippen LogP) is 6.39. The van der Waals surface area contributed by atoms with Crippen molar-refractivity contribution >= 4 is 10.9 Å². The van der Waals surface area contributed by atoms with Crippen LogP contribution in [0.3, 0.4) is 0 Å². The highest BCUT2D eigenvalue weighted by atomic mass is 16.5. The van der Waals surface area contributed by atoms with Gasteiger partial charge >= 0.3 is 0 Å². The van der Waals surface area contributed by atoms with E-state index < -0.39 is 0 Å². The SMILES string of the molecule is Cc1cccc(OCCCCn2ccc3c(OCc4ccccc4)cccc32)c1. The molecule has 0 amide bonds. The average molecular weight is 386 g/mol. The van der Waals surface area contributed by atoms with Gasteiger partial charge in [-0.3, -0.25) is 0 Å². The summed E-state index contributed by atoms with van der Waals surface area (Å²) in [5, 5.41) is 1.17. The summed E-state index contributed by atoms with van der Waals surface area (Å²) in [7, 11) is 0. The standard InChI is InChI=1S/C26H27NO2/c1-21-9-7-12-23(19-21)28-18-6-5-16-27-17-15-24-25(27)13-8-14-26(24)29-20-22-10-3-2-4-11-22/h2-4,7-15,17,19H,5-6,16,18,20H2,1H3. The fourth-order valence-electron chi connectivity index (χ4n) is 3.53. The van der Waals surface area contributed by atoms with Crippen LogP contribution in [-0.4, -0.2) is 11.2 Å². The summed E-state index contributed by atoms with van der Waals surface area (Å²) < 4.78 is 14.2. The third-order valence-corrected chi connectivity index (χ3v) is 5.06. The van der Waals surface area contributed by atoms with Gasteiger partial charge in [0.05, 0.1) is 12.1 Å². The van der Waals surface area contributed by atoms with Crippen LogP contribution < -0.4 is 9.47 Å². The molecule has 0 fully saturated rings. The highest BCUT2D eigenvalue weighted by molar-refractivity contribution is 5.86. The molecule has 0 atom stereocenters. The smallest absolute Gasteiger partial charge is 0.129 e. The van der Waals surface area contributed by atoms with Crippen LogP contribution in [-0.2, 0) is 13.2 Å². The second kappa shape index (κ2) is 9.33. The van der Waals surface area contributed by atoms with Crippen LogP contribution in [0.15, 0.2) is 85.1 Å². The normalized spacial score (nSPS) is 10.9. The van der Waals surface area contributed by atoms with Gasteiger partial charge in [0.1, 0.15) is 18.1 Å². The van der Waals surface area contributed by atoms with Crippen LogP contribution >= 0.6 is 0 Å². The molecule has 1 heterocycles.